The van der Waals surface area contributed by atoms with Crippen molar-refractivity contribution in [3.8, 4) is 5.75 Å². The van der Waals surface area contributed by atoms with E-state index in [1.54, 1.807) is 0 Å². The van der Waals surface area contributed by atoms with E-state index in [9.17, 15) is 9.90 Å². The van der Waals surface area contributed by atoms with Gasteiger partial charge in [-0.3, -0.25) is 9.69 Å². The molecule has 0 bridgehead atoms. The average Bonchev–Trinajstić information content (AvgIpc) is 2.47. The van der Waals surface area contributed by atoms with Gasteiger partial charge >= 0.3 is 5.97 Å². The summed E-state index contributed by atoms with van der Waals surface area (Å²) in [6.45, 7) is 6.99. The molecule has 1 heterocycles. The molecule has 1 fully saturated rings. The lowest BCUT2D eigenvalue weighted by atomic mass is 9.78. The minimum absolute atomic E-state index is 0.568. The molecule has 4 nitrogen and oxygen atoms in total. The fourth-order valence-electron chi connectivity index (χ4n) is 3.03. The first-order valence-corrected chi connectivity index (χ1v) is 7.71. The van der Waals surface area contributed by atoms with Gasteiger partial charge in [0.25, 0.3) is 0 Å². The average molecular weight is 291 g/mol. The molecule has 1 saturated heterocycles. The highest BCUT2D eigenvalue weighted by atomic mass is 16.5. The van der Waals surface area contributed by atoms with Crippen LogP contribution in [0.5, 0.6) is 5.75 Å². The van der Waals surface area contributed by atoms with Gasteiger partial charge in [0.1, 0.15) is 12.4 Å². The second kappa shape index (κ2) is 6.94. The molecule has 1 aliphatic heterocycles. The summed E-state index contributed by atoms with van der Waals surface area (Å²) in [5.41, 5.74) is 0.614. The largest absolute Gasteiger partial charge is 0.492 e. The van der Waals surface area contributed by atoms with Crippen LogP contribution in [0.25, 0.3) is 0 Å². The lowest BCUT2D eigenvalue weighted by Gasteiger charge is -2.39. The van der Waals surface area contributed by atoms with Crippen LogP contribution in [0.1, 0.15) is 31.7 Å². The Morgan fingerprint density at radius 3 is 2.95 bits per heavy atom. The fourth-order valence-corrected chi connectivity index (χ4v) is 3.03. The molecule has 4 heteroatoms. The number of hydrogen-bond donors (Lipinski definition) is 1. The number of benzene rings is 1. The second-order valence-corrected chi connectivity index (χ2v) is 5.98. The number of carboxylic acids is 1. The highest BCUT2D eigenvalue weighted by molar-refractivity contribution is 5.75. The minimum Gasteiger partial charge on any atom is -0.492 e. The molecule has 1 aromatic carbocycles. The van der Waals surface area contributed by atoms with Gasteiger partial charge in [-0.15, -0.1) is 0 Å². The SMILES string of the molecule is CCC1(C(=O)O)CCCN(CCOc2cccc(C)c2)C1. The maximum absolute atomic E-state index is 11.5. The lowest BCUT2D eigenvalue weighted by Crippen LogP contribution is -2.48. The van der Waals surface area contributed by atoms with E-state index in [0.717, 1.165) is 31.7 Å². The van der Waals surface area contributed by atoms with Gasteiger partial charge in [0.15, 0.2) is 0 Å². The molecule has 0 saturated carbocycles. The van der Waals surface area contributed by atoms with Crippen molar-refractivity contribution in [2.24, 2.45) is 5.41 Å². The Bertz CT molecular complexity index is 489. The number of carbonyl (C=O) groups is 1. The number of aliphatic carboxylic acids is 1. The maximum Gasteiger partial charge on any atom is 0.310 e. The first-order chi connectivity index (χ1) is 10.1. The fraction of sp³-hybridized carbons (Fsp3) is 0.588. The zero-order valence-electron chi connectivity index (χ0n) is 13.0. The van der Waals surface area contributed by atoms with E-state index >= 15 is 0 Å². The van der Waals surface area contributed by atoms with Crippen LogP contribution in [-0.4, -0.2) is 42.2 Å². The Kier molecular flexibility index (Phi) is 5.23. The molecule has 1 atom stereocenters. The Morgan fingerprint density at radius 1 is 1.48 bits per heavy atom. The molecular weight excluding hydrogens is 266 g/mol. The van der Waals surface area contributed by atoms with Crippen molar-refractivity contribution in [1.82, 2.24) is 4.90 Å². The van der Waals surface area contributed by atoms with Crippen molar-refractivity contribution in [2.75, 3.05) is 26.2 Å². The van der Waals surface area contributed by atoms with Gasteiger partial charge in [0, 0.05) is 13.1 Å². The number of rotatable bonds is 6. The number of piperidine rings is 1. The summed E-state index contributed by atoms with van der Waals surface area (Å²) in [6.07, 6.45) is 2.43. The van der Waals surface area contributed by atoms with Gasteiger partial charge in [-0.2, -0.15) is 0 Å². The molecule has 0 spiro atoms. The Balaban J connectivity index is 1.84. The molecule has 0 radical (unpaired) electrons. The molecular formula is C17H25NO3. The van der Waals surface area contributed by atoms with E-state index in [0.29, 0.717) is 19.6 Å². The van der Waals surface area contributed by atoms with Crippen molar-refractivity contribution in [1.29, 1.82) is 0 Å². The first kappa shape index (κ1) is 15.8. The summed E-state index contributed by atoms with van der Waals surface area (Å²) >= 11 is 0. The van der Waals surface area contributed by atoms with Gasteiger partial charge in [0.2, 0.25) is 0 Å². The van der Waals surface area contributed by atoms with Gasteiger partial charge in [-0.25, -0.2) is 0 Å². The van der Waals surface area contributed by atoms with Gasteiger partial charge in [0.05, 0.1) is 5.41 Å². The molecule has 1 unspecified atom stereocenters. The number of nitrogens with zero attached hydrogens (tertiary/aromatic N) is 1. The van der Waals surface area contributed by atoms with Gasteiger partial charge < -0.3 is 9.84 Å². The number of hydrogen-bond acceptors (Lipinski definition) is 3. The van der Waals surface area contributed by atoms with Crippen LogP contribution in [0.3, 0.4) is 0 Å². The van der Waals surface area contributed by atoms with E-state index in [2.05, 4.69) is 4.90 Å². The topological polar surface area (TPSA) is 49.8 Å². The zero-order valence-corrected chi connectivity index (χ0v) is 13.0. The number of ether oxygens (including phenoxy) is 1. The Morgan fingerprint density at radius 2 is 2.29 bits per heavy atom. The molecule has 2 rings (SSSR count). The summed E-state index contributed by atoms with van der Waals surface area (Å²) in [6, 6.07) is 8.00. The standard InChI is InChI=1S/C17H25NO3/c1-3-17(16(19)20)8-5-9-18(13-17)10-11-21-15-7-4-6-14(2)12-15/h4,6-7,12H,3,5,8-11,13H2,1-2H3,(H,19,20). The molecule has 1 N–H and O–H groups in total. The molecule has 21 heavy (non-hydrogen) atoms. The van der Waals surface area contributed by atoms with Crippen molar-refractivity contribution in [3.05, 3.63) is 29.8 Å². The smallest absolute Gasteiger partial charge is 0.310 e. The van der Waals surface area contributed by atoms with E-state index in [-0.39, 0.29) is 0 Å². The van der Waals surface area contributed by atoms with Crippen LogP contribution in [0.15, 0.2) is 24.3 Å². The highest BCUT2D eigenvalue weighted by Crippen LogP contribution is 2.33. The summed E-state index contributed by atoms with van der Waals surface area (Å²) in [5.74, 6) is 0.223. The van der Waals surface area contributed by atoms with Gasteiger partial charge in [-0.05, 0) is 50.4 Å². The molecule has 0 aliphatic carbocycles. The molecule has 0 amide bonds. The predicted molar refractivity (Wildman–Crippen MR) is 82.7 cm³/mol. The van der Waals surface area contributed by atoms with Crippen molar-refractivity contribution < 1.29 is 14.6 Å². The minimum atomic E-state index is -0.658. The second-order valence-electron chi connectivity index (χ2n) is 5.98. The number of carboxylic acid groups (broad SMARTS) is 1. The monoisotopic (exact) mass is 291 g/mol. The van der Waals surface area contributed by atoms with E-state index in [1.165, 1.54) is 5.56 Å². The van der Waals surface area contributed by atoms with E-state index < -0.39 is 11.4 Å². The Hall–Kier alpha value is -1.55. The summed E-state index contributed by atoms with van der Waals surface area (Å²) in [4.78, 5) is 13.7. The molecule has 0 aromatic heterocycles. The number of likely N-dealkylation sites (tertiary alicyclic amines) is 1. The van der Waals surface area contributed by atoms with E-state index in [4.69, 9.17) is 4.74 Å². The van der Waals surface area contributed by atoms with Crippen LogP contribution in [0.4, 0.5) is 0 Å². The third-order valence-electron chi connectivity index (χ3n) is 4.45. The van der Waals surface area contributed by atoms with Crippen LogP contribution < -0.4 is 4.74 Å². The first-order valence-electron chi connectivity index (χ1n) is 7.71. The maximum atomic E-state index is 11.5. The third kappa shape index (κ3) is 3.97. The van der Waals surface area contributed by atoms with Gasteiger partial charge in [-0.1, -0.05) is 19.1 Å². The van der Waals surface area contributed by atoms with Crippen LogP contribution >= 0.6 is 0 Å². The van der Waals surface area contributed by atoms with Crippen molar-refractivity contribution in [2.45, 2.75) is 33.1 Å². The van der Waals surface area contributed by atoms with Crippen LogP contribution in [0, 0.1) is 12.3 Å². The molecule has 116 valence electrons. The predicted octanol–water partition coefficient (Wildman–Crippen LogP) is 2.95. The third-order valence-corrected chi connectivity index (χ3v) is 4.45. The summed E-state index contributed by atoms with van der Waals surface area (Å²) < 4.78 is 5.76. The highest BCUT2D eigenvalue weighted by Gasteiger charge is 2.40. The van der Waals surface area contributed by atoms with Crippen LogP contribution in [-0.2, 0) is 4.79 Å². The quantitative estimate of drug-likeness (QED) is 0.875. The zero-order chi connectivity index (χ0) is 15.3. The van der Waals surface area contributed by atoms with E-state index in [1.807, 2.05) is 38.1 Å². The van der Waals surface area contributed by atoms with Crippen molar-refractivity contribution in [3.63, 3.8) is 0 Å². The summed E-state index contributed by atoms with van der Waals surface area (Å²) in [7, 11) is 0. The Labute approximate surface area is 126 Å². The normalized spacial score (nSPS) is 23.0. The molecule has 1 aromatic rings. The van der Waals surface area contributed by atoms with Crippen LogP contribution in [0.2, 0.25) is 0 Å². The van der Waals surface area contributed by atoms with Crippen molar-refractivity contribution >= 4 is 5.97 Å². The molecule has 1 aliphatic rings. The number of aryl methyl sites for hydroxylation is 1. The summed E-state index contributed by atoms with van der Waals surface area (Å²) in [5, 5.41) is 9.48. The lowest BCUT2D eigenvalue weighted by molar-refractivity contribution is -0.153.